The third kappa shape index (κ3) is 2.79. The Kier molecular flexibility index (Phi) is 3.81. The maximum Gasteiger partial charge on any atom is 0.269 e. The van der Waals surface area contributed by atoms with Gasteiger partial charge in [0.25, 0.3) is 5.91 Å². The van der Waals surface area contributed by atoms with Gasteiger partial charge in [-0.1, -0.05) is 22.0 Å². The van der Waals surface area contributed by atoms with E-state index in [1.54, 1.807) is 24.0 Å². The first-order valence-corrected chi connectivity index (χ1v) is 6.38. The fourth-order valence-electron chi connectivity index (χ4n) is 1.72. The van der Waals surface area contributed by atoms with Crippen LogP contribution in [0.1, 0.15) is 21.6 Å². The van der Waals surface area contributed by atoms with Crippen molar-refractivity contribution in [2.24, 2.45) is 7.05 Å². The molecule has 0 atom stereocenters. The first kappa shape index (κ1) is 12.8. The third-order valence-corrected chi connectivity index (χ3v) is 3.29. The van der Waals surface area contributed by atoms with Gasteiger partial charge in [-0.05, 0) is 36.2 Å². The molecule has 0 unspecified atom stereocenters. The van der Waals surface area contributed by atoms with Gasteiger partial charge in [0.15, 0.2) is 0 Å². The van der Waals surface area contributed by atoms with Crippen molar-refractivity contribution in [1.82, 2.24) is 15.1 Å². The number of nitrogens with zero attached hydrogens (tertiary/aromatic N) is 2. The summed E-state index contributed by atoms with van der Waals surface area (Å²) >= 11 is 3.42. The van der Waals surface area contributed by atoms with Gasteiger partial charge < -0.3 is 5.32 Å². The van der Waals surface area contributed by atoms with E-state index in [0.29, 0.717) is 12.2 Å². The maximum atomic E-state index is 11.9. The van der Waals surface area contributed by atoms with Gasteiger partial charge in [-0.2, -0.15) is 5.10 Å². The summed E-state index contributed by atoms with van der Waals surface area (Å²) in [5, 5.41) is 6.86. The maximum absolute atomic E-state index is 11.9. The summed E-state index contributed by atoms with van der Waals surface area (Å²) in [5.41, 5.74) is 2.81. The van der Waals surface area contributed by atoms with Crippen molar-refractivity contribution < 1.29 is 4.79 Å². The number of rotatable bonds is 3. The molecular formula is C13H14BrN3O. The molecule has 1 aromatic carbocycles. The van der Waals surface area contributed by atoms with Crippen LogP contribution in [0, 0.1) is 6.92 Å². The van der Waals surface area contributed by atoms with Crippen LogP contribution < -0.4 is 5.32 Å². The molecule has 1 N–H and O–H groups in total. The molecule has 0 aliphatic heterocycles. The average molecular weight is 308 g/mol. The van der Waals surface area contributed by atoms with Crippen LogP contribution in [0.15, 0.2) is 34.9 Å². The summed E-state index contributed by atoms with van der Waals surface area (Å²) in [6.45, 7) is 2.54. The summed E-state index contributed by atoms with van der Waals surface area (Å²) < 4.78 is 2.60. The molecule has 0 aliphatic carbocycles. The van der Waals surface area contributed by atoms with Gasteiger partial charge in [-0.3, -0.25) is 9.48 Å². The Morgan fingerprint density at radius 2 is 2.22 bits per heavy atom. The monoisotopic (exact) mass is 307 g/mol. The lowest BCUT2D eigenvalue weighted by atomic mass is 10.1. The van der Waals surface area contributed by atoms with E-state index in [-0.39, 0.29) is 5.91 Å². The van der Waals surface area contributed by atoms with E-state index in [1.165, 1.54) is 0 Å². The average Bonchev–Trinajstić information content (AvgIpc) is 2.74. The Balaban J connectivity index is 2.04. The Morgan fingerprint density at radius 1 is 1.44 bits per heavy atom. The number of aryl methyl sites for hydroxylation is 2. The second-order valence-corrected chi connectivity index (χ2v) is 5.01. The van der Waals surface area contributed by atoms with Crippen LogP contribution in [0.2, 0.25) is 0 Å². The fourth-order valence-corrected chi connectivity index (χ4v) is 2.20. The highest BCUT2D eigenvalue weighted by Crippen LogP contribution is 2.15. The van der Waals surface area contributed by atoms with Crippen LogP contribution in [-0.4, -0.2) is 15.7 Å². The van der Waals surface area contributed by atoms with Gasteiger partial charge in [-0.25, -0.2) is 0 Å². The van der Waals surface area contributed by atoms with Gasteiger partial charge in [0, 0.05) is 24.3 Å². The van der Waals surface area contributed by atoms with E-state index in [0.717, 1.165) is 15.6 Å². The molecule has 1 heterocycles. The molecule has 2 rings (SSSR count). The lowest BCUT2D eigenvalue weighted by Crippen LogP contribution is -2.25. The summed E-state index contributed by atoms with van der Waals surface area (Å²) in [6.07, 6.45) is 1.61. The molecule has 94 valence electrons. The topological polar surface area (TPSA) is 46.9 Å². The van der Waals surface area contributed by atoms with Crippen molar-refractivity contribution >= 4 is 21.8 Å². The highest BCUT2D eigenvalue weighted by Gasteiger charge is 2.09. The number of carbonyl (C=O) groups excluding carboxylic acids is 1. The van der Waals surface area contributed by atoms with E-state index < -0.39 is 0 Å². The van der Waals surface area contributed by atoms with Gasteiger partial charge in [0.1, 0.15) is 5.69 Å². The number of aromatic nitrogens is 2. The van der Waals surface area contributed by atoms with E-state index in [9.17, 15) is 4.79 Å². The zero-order valence-corrected chi connectivity index (χ0v) is 11.9. The van der Waals surface area contributed by atoms with E-state index in [4.69, 9.17) is 0 Å². The zero-order valence-electron chi connectivity index (χ0n) is 10.3. The lowest BCUT2D eigenvalue weighted by molar-refractivity contribution is 0.0941. The molecule has 0 spiro atoms. The van der Waals surface area contributed by atoms with Crippen molar-refractivity contribution in [3.05, 3.63) is 51.8 Å². The minimum absolute atomic E-state index is 0.114. The summed E-state index contributed by atoms with van der Waals surface area (Å²) in [4.78, 5) is 11.9. The molecule has 1 amide bonds. The predicted octanol–water partition coefficient (Wildman–Crippen LogP) is 2.42. The minimum Gasteiger partial charge on any atom is -0.347 e. The minimum atomic E-state index is -0.114. The first-order valence-electron chi connectivity index (χ1n) is 5.59. The third-order valence-electron chi connectivity index (χ3n) is 2.80. The van der Waals surface area contributed by atoms with Gasteiger partial charge >= 0.3 is 0 Å². The Morgan fingerprint density at radius 3 is 2.83 bits per heavy atom. The van der Waals surface area contributed by atoms with Crippen LogP contribution in [0.25, 0.3) is 0 Å². The molecule has 0 fully saturated rings. The number of halogens is 1. The number of hydrogen-bond donors (Lipinski definition) is 1. The van der Waals surface area contributed by atoms with Crippen LogP contribution in [0.5, 0.6) is 0 Å². The summed E-state index contributed by atoms with van der Waals surface area (Å²) in [6, 6.07) is 7.71. The molecule has 2 aromatic rings. The molecule has 0 bridgehead atoms. The number of carbonyl (C=O) groups is 1. The van der Waals surface area contributed by atoms with E-state index in [2.05, 4.69) is 26.3 Å². The largest absolute Gasteiger partial charge is 0.347 e. The normalized spacial score (nSPS) is 10.4. The van der Waals surface area contributed by atoms with Crippen molar-refractivity contribution in [3.63, 3.8) is 0 Å². The van der Waals surface area contributed by atoms with E-state index >= 15 is 0 Å². The molecule has 0 aliphatic rings. The van der Waals surface area contributed by atoms with Crippen LogP contribution >= 0.6 is 15.9 Å². The predicted molar refractivity (Wildman–Crippen MR) is 73.3 cm³/mol. The highest BCUT2D eigenvalue weighted by atomic mass is 79.9. The number of nitrogens with one attached hydrogen (secondary N) is 1. The quantitative estimate of drug-likeness (QED) is 0.946. The summed E-state index contributed by atoms with van der Waals surface area (Å²) in [5.74, 6) is -0.114. The van der Waals surface area contributed by atoms with Crippen molar-refractivity contribution in [1.29, 1.82) is 0 Å². The molecule has 0 saturated heterocycles. The Labute approximate surface area is 114 Å². The van der Waals surface area contributed by atoms with Crippen LogP contribution in [0.4, 0.5) is 0 Å². The SMILES string of the molecule is Cc1cc(Br)ccc1CNC(=O)c1ccnn1C. The molecule has 4 nitrogen and oxygen atoms in total. The van der Waals surface area contributed by atoms with E-state index in [1.807, 2.05) is 25.1 Å². The molecule has 1 aromatic heterocycles. The van der Waals surface area contributed by atoms with Gasteiger partial charge in [-0.15, -0.1) is 0 Å². The molecule has 18 heavy (non-hydrogen) atoms. The molecule has 5 heteroatoms. The zero-order chi connectivity index (χ0) is 13.1. The Bertz CT molecular complexity index is 577. The molecule has 0 saturated carbocycles. The number of benzene rings is 1. The second kappa shape index (κ2) is 5.35. The molecule has 0 radical (unpaired) electrons. The van der Waals surface area contributed by atoms with Crippen molar-refractivity contribution in [2.45, 2.75) is 13.5 Å². The van der Waals surface area contributed by atoms with Gasteiger partial charge in [0.05, 0.1) is 0 Å². The number of hydrogen-bond acceptors (Lipinski definition) is 2. The standard InChI is InChI=1S/C13H14BrN3O/c1-9-7-11(14)4-3-10(9)8-15-13(18)12-5-6-16-17(12)2/h3-7H,8H2,1-2H3,(H,15,18). The first-order chi connectivity index (χ1) is 8.58. The van der Waals surface area contributed by atoms with Crippen LogP contribution in [0.3, 0.4) is 0 Å². The van der Waals surface area contributed by atoms with Gasteiger partial charge in [0.2, 0.25) is 0 Å². The van der Waals surface area contributed by atoms with Crippen molar-refractivity contribution in [3.8, 4) is 0 Å². The number of amides is 1. The lowest BCUT2D eigenvalue weighted by Gasteiger charge is -2.08. The second-order valence-electron chi connectivity index (χ2n) is 4.09. The highest BCUT2D eigenvalue weighted by molar-refractivity contribution is 9.10. The Hall–Kier alpha value is -1.62. The fraction of sp³-hybridized carbons (Fsp3) is 0.231. The molecular weight excluding hydrogens is 294 g/mol. The summed E-state index contributed by atoms with van der Waals surface area (Å²) in [7, 11) is 1.75. The van der Waals surface area contributed by atoms with Crippen molar-refractivity contribution in [2.75, 3.05) is 0 Å². The van der Waals surface area contributed by atoms with Crippen LogP contribution in [-0.2, 0) is 13.6 Å². The smallest absolute Gasteiger partial charge is 0.269 e.